The van der Waals surface area contributed by atoms with Gasteiger partial charge in [0.15, 0.2) is 5.11 Å². The summed E-state index contributed by atoms with van der Waals surface area (Å²) in [6, 6.07) is 12.4. The number of anilines is 1. The molecule has 0 saturated heterocycles. The van der Waals surface area contributed by atoms with E-state index >= 15 is 0 Å². The van der Waals surface area contributed by atoms with Crippen LogP contribution in [0, 0.1) is 6.92 Å². The molecule has 0 aliphatic carbocycles. The maximum Gasteiger partial charge on any atom is 0.258 e. The molecule has 0 heterocycles. The molecule has 0 unspecified atom stereocenters. The van der Waals surface area contributed by atoms with E-state index in [1.165, 1.54) is 0 Å². The molecule has 0 spiro atoms. The fourth-order valence-electron chi connectivity index (χ4n) is 1.81. The molecule has 0 saturated carbocycles. The Morgan fingerprint density at radius 1 is 1.18 bits per heavy atom. The molecular formula is C16H15ClN2O2S. The van der Waals surface area contributed by atoms with Gasteiger partial charge in [0.2, 0.25) is 0 Å². The molecule has 1 amide bonds. The van der Waals surface area contributed by atoms with Gasteiger partial charge in [-0.3, -0.25) is 10.1 Å². The molecule has 0 aromatic heterocycles. The zero-order chi connectivity index (χ0) is 16.1. The molecule has 0 aliphatic heterocycles. The second kappa shape index (κ2) is 7.24. The van der Waals surface area contributed by atoms with Crippen LogP contribution >= 0.6 is 23.8 Å². The molecule has 2 aromatic rings. The number of rotatable bonds is 3. The molecule has 2 rings (SSSR count). The fraction of sp³-hybridized carbons (Fsp3) is 0.125. The standard InChI is InChI=1S/C16H15ClN2O2S/c1-10-3-8-13(14(17)9-10)15(20)19-16(22)18-11-4-6-12(21-2)7-5-11/h3-9H,1-2H3,(H2,18,19,20,22). The monoisotopic (exact) mass is 334 g/mol. The number of ether oxygens (including phenoxy) is 1. The zero-order valence-electron chi connectivity index (χ0n) is 12.1. The first-order valence-corrected chi connectivity index (χ1v) is 7.31. The summed E-state index contributed by atoms with van der Waals surface area (Å²) in [6.07, 6.45) is 0. The molecule has 6 heteroatoms. The van der Waals surface area contributed by atoms with Gasteiger partial charge in [0.25, 0.3) is 5.91 Å². The quantitative estimate of drug-likeness (QED) is 0.839. The van der Waals surface area contributed by atoms with E-state index < -0.39 is 0 Å². The SMILES string of the molecule is COc1ccc(NC(=S)NC(=O)c2ccc(C)cc2Cl)cc1. The number of thiocarbonyl (C=S) groups is 1. The predicted octanol–water partition coefficient (Wildman–Crippen LogP) is 3.78. The van der Waals surface area contributed by atoms with Gasteiger partial charge < -0.3 is 10.1 Å². The lowest BCUT2D eigenvalue weighted by Crippen LogP contribution is -2.34. The first-order valence-electron chi connectivity index (χ1n) is 6.52. The maximum atomic E-state index is 12.1. The minimum Gasteiger partial charge on any atom is -0.497 e. The summed E-state index contributed by atoms with van der Waals surface area (Å²) >= 11 is 11.2. The van der Waals surface area contributed by atoms with E-state index in [1.807, 2.05) is 13.0 Å². The number of halogens is 1. The van der Waals surface area contributed by atoms with Crippen molar-refractivity contribution >= 4 is 40.5 Å². The van der Waals surface area contributed by atoms with Crippen LogP contribution in [-0.4, -0.2) is 18.1 Å². The third-order valence-corrected chi connectivity index (χ3v) is 3.46. The zero-order valence-corrected chi connectivity index (χ0v) is 13.7. The second-order valence-corrected chi connectivity index (χ2v) is 5.44. The summed E-state index contributed by atoms with van der Waals surface area (Å²) in [5, 5.41) is 6.12. The van der Waals surface area contributed by atoms with Gasteiger partial charge in [0.05, 0.1) is 17.7 Å². The number of hydrogen-bond acceptors (Lipinski definition) is 3. The normalized spacial score (nSPS) is 9.95. The van der Waals surface area contributed by atoms with Crippen LogP contribution in [0.15, 0.2) is 42.5 Å². The number of nitrogens with one attached hydrogen (secondary N) is 2. The Morgan fingerprint density at radius 3 is 2.45 bits per heavy atom. The van der Waals surface area contributed by atoms with Crippen molar-refractivity contribution in [3.63, 3.8) is 0 Å². The van der Waals surface area contributed by atoms with Gasteiger partial charge in [-0.1, -0.05) is 17.7 Å². The average Bonchev–Trinajstić information content (AvgIpc) is 2.47. The number of aryl methyl sites for hydroxylation is 1. The van der Waals surface area contributed by atoms with Gasteiger partial charge in [-0.2, -0.15) is 0 Å². The van der Waals surface area contributed by atoms with Crippen molar-refractivity contribution in [1.29, 1.82) is 0 Å². The van der Waals surface area contributed by atoms with Crippen LogP contribution in [0.2, 0.25) is 5.02 Å². The van der Waals surface area contributed by atoms with E-state index in [4.69, 9.17) is 28.6 Å². The first-order chi connectivity index (χ1) is 10.5. The van der Waals surface area contributed by atoms with Crippen molar-refractivity contribution in [1.82, 2.24) is 5.32 Å². The van der Waals surface area contributed by atoms with Crippen molar-refractivity contribution in [3.05, 3.63) is 58.6 Å². The molecule has 0 atom stereocenters. The Bertz CT molecular complexity index is 702. The minimum atomic E-state index is -0.351. The van der Waals surface area contributed by atoms with E-state index in [2.05, 4.69) is 10.6 Å². The minimum absolute atomic E-state index is 0.201. The number of methoxy groups -OCH3 is 1. The van der Waals surface area contributed by atoms with Crippen LogP contribution in [0.1, 0.15) is 15.9 Å². The molecule has 2 N–H and O–H groups in total. The van der Waals surface area contributed by atoms with E-state index in [0.29, 0.717) is 10.6 Å². The van der Waals surface area contributed by atoms with Gasteiger partial charge in [0, 0.05) is 5.69 Å². The highest BCUT2D eigenvalue weighted by Crippen LogP contribution is 2.18. The van der Waals surface area contributed by atoms with Crippen LogP contribution in [0.5, 0.6) is 5.75 Å². The smallest absolute Gasteiger partial charge is 0.258 e. The molecule has 0 bridgehead atoms. The van der Waals surface area contributed by atoms with Crippen LogP contribution in [0.4, 0.5) is 5.69 Å². The van der Waals surface area contributed by atoms with E-state index in [9.17, 15) is 4.79 Å². The van der Waals surface area contributed by atoms with Crippen molar-refractivity contribution in [2.75, 3.05) is 12.4 Å². The predicted molar refractivity (Wildman–Crippen MR) is 92.9 cm³/mol. The lowest BCUT2D eigenvalue weighted by molar-refractivity contribution is 0.0978. The lowest BCUT2D eigenvalue weighted by atomic mass is 10.1. The van der Waals surface area contributed by atoms with Crippen LogP contribution in [0.25, 0.3) is 0 Å². The van der Waals surface area contributed by atoms with Crippen molar-refractivity contribution < 1.29 is 9.53 Å². The Balaban J connectivity index is 2.00. The van der Waals surface area contributed by atoms with Crippen LogP contribution in [-0.2, 0) is 0 Å². The van der Waals surface area contributed by atoms with Crippen molar-refractivity contribution in [2.24, 2.45) is 0 Å². The van der Waals surface area contributed by atoms with E-state index in [1.54, 1.807) is 43.5 Å². The number of carbonyl (C=O) groups is 1. The number of hydrogen-bond donors (Lipinski definition) is 2. The van der Waals surface area contributed by atoms with E-state index in [0.717, 1.165) is 17.0 Å². The summed E-state index contributed by atoms with van der Waals surface area (Å²) < 4.78 is 5.07. The molecule has 2 aromatic carbocycles. The Kier molecular flexibility index (Phi) is 5.35. The van der Waals surface area contributed by atoms with Gasteiger partial charge >= 0.3 is 0 Å². The third kappa shape index (κ3) is 4.19. The number of amides is 1. The number of carbonyl (C=O) groups excluding carboxylic acids is 1. The largest absolute Gasteiger partial charge is 0.497 e. The van der Waals surface area contributed by atoms with Crippen molar-refractivity contribution in [3.8, 4) is 5.75 Å². The first kappa shape index (κ1) is 16.3. The summed E-state index contributed by atoms with van der Waals surface area (Å²) in [4.78, 5) is 12.1. The van der Waals surface area contributed by atoms with Crippen LogP contribution in [0.3, 0.4) is 0 Å². The van der Waals surface area contributed by atoms with E-state index in [-0.39, 0.29) is 11.0 Å². The molecule has 0 fully saturated rings. The molecule has 114 valence electrons. The molecule has 22 heavy (non-hydrogen) atoms. The highest BCUT2D eigenvalue weighted by molar-refractivity contribution is 7.80. The van der Waals surface area contributed by atoms with Gasteiger partial charge in [-0.05, 0) is 61.1 Å². The summed E-state index contributed by atoms with van der Waals surface area (Å²) in [5.74, 6) is 0.392. The van der Waals surface area contributed by atoms with Crippen molar-refractivity contribution in [2.45, 2.75) is 6.92 Å². The van der Waals surface area contributed by atoms with Gasteiger partial charge in [-0.15, -0.1) is 0 Å². The highest BCUT2D eigenvalue weighted by Gasteiger charge is 2.12. The Hall–Kier alpha value is -2.11. The lowest BCUT2D eigenvalue weighted by Gasteiger charge is -2.11. The second-order valence-electron chi connectivity index (χ2n) is 4.62. The topological polar surface area (TPSA) is 50.4 Å². The summed E-state index contributed by atoms with van der Waals surface area (Å²) in [6.45, 7) is 1.91. The van der Waals surface area contributed by atoms with Crippen LogP contribution < -0.4 is 15.4 Å². The summed E-state index contributed by atoms with van der Waals surface area (Å²) in [7, 11) is 1.60. The average molecular weight is 335 g/mol. The molecular weight excluding hydrogens is 320 g/mol. The van der Waals surface area contributed by atoms with Gasteiger partial charge in [-0.25, -0.2) is 0 Å². The number of benzene rings is 2. The third-order valence-electron chi connectivity index (χ3n) is 2.94. The Morgan fingerprint density at radius 2 is 1.86 bits per heavy atom. The molecule has 0 aliphatic rings. The molecule has 0 radical (unpaired) electrons. The summed E-state index contributed by atoms with van der Waals surface area (Å²) in [5.41, 5.74) is 2.12. The maximum absolute atomic E-state index is 12.1. The Labute approximate surface area is 139 Å². The van der Waals surface area contributed by atoms with Gasteiger partial charge in [0.1, 0.15) is 5.75 Å². The fourth-order valence-corrected chi connectivity index (χ4v) is 2.34. The highest BCUT2D eigenvalue weighted by atomic mass is 35.5. The molecule has 4 nitrogen and oxygen atoms in total.